The van der Waals surface area contributed by atoms with E-state index in [0.29, 0.717) is 17.9 Å². The summed E-state index contributed by atoms with van der Waals surface area (Å²) in [5.74, 6) is 0. The highest BCUT2D eigenvalue weighted by atomic mass is 16.1. The molecular weight excluding hydrogens is 444 g/mol. The fraction of sp³-hybridized carbons (Fsp3) is 0.129. The molecule has 2 aliphatic heterocycles. The van der Waals surface area contributed by atoms with E-state index < -0.39 is 0 Å². The standard InChI is InChI=1S/C31H26N4O/c1-20-11-8-17-27(22(20)3)35-31(36)30-29(33-35)26-15-6-7-16-28(26)34(32-30)19-23-12-9-13-24(18-23)25-14-5-4-10-21(25)2/h4-18H,19H2,1-3H3. The maximum absolute atomic E-state index is 13.5. The van der Waals surface area contributed by atoms with Crippen LogP contribution in [0.25, 0.3) is 39.1 Å². The van der Waals surface area contributed by atoms with Gasteiger partial charge in [-0.1, -0.05) is 72.8 Å². The van der Waals surface area contributed by atoms with E-state index >= 15 is 0 Å². The van der Waals surface area contributed by atoms with Crippen LogP contribution < -0.4 is 5.56 Å². The molecule has 0 unspecified atom stereocenters. The molecule has 36 heavy (non-hydrogen) atoms. The van der Waals surface area contributed by atoms with Gasteiger partial charge in [-0.05, 0) is 72.4 Å². The lowest BCUT2D eigenvalue weighted by atomic mass is 9.99. The molecule has 0 N–H and O–H groups in total. The van der Waals surface area contributed by atoms with E-state index in [-0.39, 0.29) is 5.56 Å². The number of fused-ring (bicyclic) bond motifs is 3. The van der Waals surface area contributed by atoms with Crippen LogP contribution in [0.5, 0.6) is 0 Å². The maximum Gasteiger partial charge on any atom is 0.301 e. The Morgan fingerprint density at radius 2 is 1.47 bits per heavy atom. The van der Waals surface area contributed by atoms with Crippen LogP contribution in [0.3, 0.4) is 0 Å². The lowest BCUT2D eigenvalue weighted by Gasteiger charge is -2.13. The van der Waals surface area contributed by atoms with E-state index in [0.717, 1.165) is 33.3 Å². The summed E-state index contributed by atoms with van der Waals surface area (Å²) in [5.41, 5.74) is 9.43. The molecule has 0 spiro atoms. The van der Waals surface area contributed by atoms with Crippen molar-refractivity contribution in [1.29, 1.82) is 0 Å². The van der Waals surface area contributed by atoms with Crippen molar-refractivity contribution in [2.75, 3.05) is 0 Å². The van der Waals surface area contributed by atoms with E-state index in [4.69, 9.17) is 10.2 Å². The second-order valence-corrected chi connectivity index (χ2v) is 9.32. The summed E-state index contributed by atoms with van der Waals surface area (Å²) in [7, 11) is 0. The number of aromatic nitrogens is 4. The number of hydrogen-bond acceptors (Lipinski definition) is 3. The largest absolute Gasteiger partial charge is 0.301 e. The Kier molecular flexibility index (Phi) is 5.26. The number of benzene rings is 4. The molecule has 176 valence electrons. The molecule has 0 saturated carbocycles. The van der Waals surface area contributed by atoms with E-state index in [2.05, 4.69) is 55.5 Å². The van der Waals surface area contributed by atoms with Crippen LogP contribution in [0.15, 0.2) is 95.8 Å². The molecule has 0 aromatic heterocycles. The van der Waals surface area contributed by atoms with Crippen LogP contribution in [0, 0.1) is 20.8 Å². The molecule has 2 aliphatic rings. The molecule has 0 amide bonds. The third-order valence-electron chi connectivity index (χ3n) is 7.00. The first kappa shape index (κ1) is 22.0. The SMILES string of the molecule is Cc1ccccc1-c1cccc(Cn2nc3c(=O)n(-c4cccc(C)c4C)nc-3c3ccccc32)c1. The maximum atomic E-state index is 13.5. The molecule has 0 atom stereocenters. The highest BCUT2D eigenvalue weighted by molar-refractivity contribution is 5.92. The van der Waals surface area contributed by atoms with Crippen LogP contribution in [0.2, 0.25) is 0 Å². The minimum atomic E-state index is -0.202. The summed E-state index contributed by atoms with van der Waals surface area (Å²) in [6.07, 6.45) is 0. The van der Waals surface area contributed by atoms with Gasteiger partial charge >= 0.3 is 5.56 Å². The van der Waals surface area contributed by atoms with Crippen molar-refractivity contribution in [1.82, 2.24) is 19.6 Å². The number of aryl methyl sites for hydroxylation is 2. The van der Waals surface area contributed by atoms with Crippen molar-refractivity contribution in [3.8, 4) is 28.2 Å². The zero-order valence-electron chi connectivity index (χ0n) is 20.6. The second-order valence-electron chi connectivity index (χ2n) is 9.32. The highest BCUT2D eigenvalue weighted by Gasteiger charge is 2.23. The average Bonchev–Trinajstić information content (AvgIpc) is 3.22. The van der Waals surface area contributed by atoms with Crippen LogP contribution >= 0.6 is 0 Å². The number of nitrogens with zero attached hydrogens (tertiary/aromatic N) is 4. The van der Waals surface area contributed by atoms with Gasteiger partial charge in [-0.3, -0.25) is 9.48 Å². The van der Waals surface area contributed by atoms with E-state index in [1.807, 2.05) is 61.0 Å². The van der Waals surface area contributed by atoms with Crippen LogP contribution in [0.1, 0.15) is 22.3 Å². The lowest BCUT2D eigenvalue weighted by molar-refractivity contribution is 0.699. The number of para-hydroxylation sites is 1. The third kappa shape index (κ3) is 3.60. The lowest BCUT2D eigenvalue weighted by Crippen LogP contribution is -2.18. The normalized spacial score (nSPS) is 11.4. The summed E-state index contributed by atoms with van der Waals surface area (Å²) in [6, 6.07) is 30.9. The van der Waals surface area contributed by atoms with Crippen LogP contribution in [-0.4, -0.2) is 19.6 Å². The summed E-state index contributed by atoms with van der Waals surface area (Å²) in [4.78, 5) is 13.5. The Bertz CT molecular complexity index is 1780. The summed E-state index contributed by atoms with van der Waals surface area (Å²) in [5, 5.41) is 10.5. The predicted molar refractivity (Wildman–Crippen MR) is 145 cm³/mol. The van der Waals surface area contributed by atoms with E-state index in [9.17, 15) is 4.79 Å². The minimum Gasteiger partial charge on any atom is -0.265 e. The Morgan fingerprint density at radius 1 is 0.722 bits per heavy atom. The molecule has 4 aromatic carbocycles. The summed E-state index contributed by atoms with van der Waals surface area (Å²) < 4.78 is 3.42. The van der Waals surface area contributed by atoms with E-state index in [1.54, 1.807) is 0 Å². The third-order valence-corrected chi connectivity index (χ3v) is 7.00. The molecule has 0 fully saturated rings. The van der Waals surface area contributed by atoms with Crippen molar-refractivity contribution in [2.24, 2.45) is 0 Å². The molecule has 4 aromatic rings. The highest BCUT2D eigenvalue weighted by Crippen LogP contribution is 2.28. The van der Waals surface area contributed by atoms with E-state index in [1.165, 1.54) is 21.4 Å². The molecule has 6 rings (SSSR count). The zero-order chi connectivity index (χ0) is 24.8. The van der Waals surface area contributed by atoms with Gasteiger partial charge in [0.1, 0.15) is 5.69 Å². The Hall–Kier alpha value is -4.51. The van der Waals surface area contributed by atoms with Gasteiger partial charge in [0.25, 0.3) is 0 Å². The van der Waals surface area contributed by atoms with Gasteiger partial charge in [0, 0.05) is 5.39 Å². The van der Waals surface area contributed by atoms with Crippen molar-refractivity contribution >= 4 is 10.9 Å². The zero-order valence-corrected chi connectivity index (χ0v) is 20.6. The van der Waals surface area contributed by atoms with Crippen LogP contribution in [0.4, 0.5) is 0 Å². The molecule has 0 radical (unpaired) electrons. The fourth-order valence-electron chi connectivity index (χ4n) is 4.90. The molecule has 2 heterocycles. The summed E-state index contributed by atoms with van der Waals surface area (Å²) in [6.45, 7) is 6.73. The van der Waals surface area contributed by atoms with Crippen molar-refractivity contribution in [3.63, 3.8) is 0 Å². The first-order valence-corrected chi connectivity index (χ1v) is 12.1. The minimum absolute atomic E-state index is 0.202. The van der Waals surface area contributed by atoms with Crippen molar-refractivity contribution in [2.45, 2.75) is 27.3 Å². The topological polar surface area (TPSA) is 52.7 Å². The molecule has 0 aliphatic carbocycles. The van der Waals surface area contributed by atoms with Gasteiger partial charge in [-0.25, -0.2) is 0 Å². The monoisotopic (exact) mass is 470 g/mol. The fourth-order valence-corrected chi connectivity index (χ4v) is 4.90. The van der Waals surface area contributed by atoms with Crippen molar-refractivity contribution in [3.05, 3.63) is 124 Å². The molecule has 0 bridgehead atoms. The van der Waals surface area contributed by atoms with Crippen molar-refractivity contribution < 1.29 is 0 Å². The van der Waals surface area contributed by atoms with Gasteiger partial charge in [-0.15, -0.1) is 0 Å². The van der Waals surface area contributed by atoms with Gasteiger partial charge < -0.3 is 0 Å². The van der Waals surface area contributed by atoms with Gasteiger partial charge in [0.05, 0.1) is 17.7 Å². The molecule has 0 saturated heterocycles. The van der Waals surface area contributed by atoms with Crippen LogP contribution in [-0.2, 0) is 6.54 Å². The van der Waals surface area contributed by atoms with Gasteiger partial charge in [-0.2, -0.15) is 14.9 Å². The first-order chi connectivity index (χ1) is 17.5. The Balaban J connectivity index is 1.51. The first-order valence-electron chi connectivity index (χ1n) is 12.1. The quantitative estimate of drug-likeness (QED) is 0.303. The number of hydrogen-bond donors (Lipinski definition) is 0. The Labute approximate surface area is 209 Å². The number of rotatable bonds is 4. The molecular formula is C31H26N4O. The molecule has 5 heteroatoms. The average molecular weight is 471 g/mol. The van der Waals surface area contributed by atoms with Gasteiger partial charge in [0.2, 0.25) is 0 Å². The van der Waals surface area contributed by atoms with Gasteiger partial charge in [0.15, 0.2) is 5.69 Å². The second kappa shape index (κ2) is 8.61. The Morgan fingerprint density at radius 3 is 2.33 bits per heavy atom. The predicted octanol–water partition coefficient (Wildman–Crippen LogP) is 6.33. The smallest absolute Gasteiger partial charge is 0.265 e. The molecule has 5 nitrogen and oxygen atoms in total. The summed E-state index contributed by atoms with van der Waals surface area (Å²) >= 11 is 0.